The van der Waals surface area contributed by atoms with E-state index in [0.29, 0.717) is 17.5 Å². The van der Waals surface area contributed by atoms with Gasteiger partial charge in [0.05, 0.1) is 0 Å². The Morgan fingerprint density at radius 3 is 1.35 bits per heavy atom. The topological polar surface area (TPSA) is 51.8 Å². The van der Waals surface area contributed by atoms with Gasteiger partial charge in [0.2, 0.25) is 0 Å². The van der Waals surface area contributed by atoms with Crippen LogP contribution in [0.1, 0.15) is 0 Å². The fraction of sp³-hybridized carbons (Fsp3) is 0. The number of hydrogen-bond acceptors (Lipinski definition) is 4. The maximum absolute atomic E-state index is 6.43. The Morgan fingerprint density at radius 1 is 0.273 bits per heavy atom. The summed E-state index contributed by atoms with van der Waals surface area (Å²) in [5.74, 6) is 1.81. The smallest absolute Gasteiger partial charge is 0.164 e. The number of benzene rings is 8. The van der Waals surface area contributed by atoms with Crippen molar-refractivity contribution in [2.24, 2.45) is 0 Å². The number of aromatic nitrogens is 3. The molecule has 0 aliphatic carbocycles. The predicted octanol–water partition coefficient (Wildman–Crippen LogP) is 13.4. The molecule has 55 heavy (non-hydrogen) atoms. The molecule has 0 spiro atoms. The summed E-state index contributed by atoms with van der Waals surface area (Å²) in [6, 6.07) is 69.3. The SMILES string of the molecule is c1ccc(-c2ccc(-c3nc(-c4cc(-c5ccccc5)cc(-c5ccccc5)c4)nc(-c4cccc(-c5cccc6c5oc5ccccc56)c4)n3)cc2)cc1. The third kappa shape index (κ3) is 6.26. The van der Waals surface area contributed by atoms with Crippen molar-refractivity contribution in [3.63, 3.8) is 0 Å². The molecule has 0 saturated carbocycles. The molecular weight excluding hydrogens is 671 g/mol. The van der Waals surface area contributed by atoms with Gasteiger partial charge in [-0.05, 0) is 69.3 Å². The fourth-order valence-electron chi connectivity index (χ4n) is 7.36. The molecule has 0 saturated heterocycles. The first-order valence-corrected chi connectivity index (χ1v) is 18.4. The number of fused-ring (bicyclic) bond motifs is 3. The molecule has 0 bridgehead atoms. The maximum atomic E-state index is 6.43. The maximum Gasteiger partial charge on any atom is 0.164 e. The normalized spacial score (nSPS) is 11.3. The number of nitrogens with zero attached hydrogens (tertiary/aromatic N) is 3. The Labute approximate surface area is 319 Å². The van der Waals surface area contributed by atoms with Crippen LogP contribution in [-0.2, 0) is 0 Å². The van der Waals surface area contributed by atoms with Gasteiger partial charge in [0, 0.05) is 33.0 Å². The first-order valence-electron chi connectivity index (χ1n) is 18.4. The van der Waals surface area contributed by atoms with E-state index in [1.54, 1.807) is 0 Å². The van der Waals surface area contributed by atoms with Gasteiger partial charge in [0.1, 0.15) is 11.2 Å². The van der Waals surface area contributed by atoms with Crippen LogP contribution in [0.25, 0.3) is 101 Å². The second kappa shape index (κ2) is 13.8. The Kier molecular flexibility index (Phi) is 8.12. The molecule has 2 aromatic heterocycles. The zero-order valence-corrected chi connectivity index (χ0v) is 29.8. The Balaban J connectivity index is 1.15. The van der Waals surface area contributed by atoms with E-state index in [4.69, 9.17) is 19.4 Å². The minimum Gasteiger partial charge on any atom is -0.455 e. The average molecular weight is 704 g/mol. The standard InChI is InChI=1S/C51H33N3O/c1-4-14-34(15-5-1)37-26-28-38(29-27-37)49-52-50(40-21-12-20-39(30-40)44-23-13-24-46-45-22-10-11-25-47(45)55-48(44)46)54-51(53-49)43-32-41(35-16-6-2-7-17-35)31-42(33-43)36-18-8-3-9-19-36/h1-33H. The molecule has 0 amide bonds. The van der Waals surface area contributed by atoms with E-state index in [1.807, 2.05) is 36.4 Å². The minimum absolute atomic E-state index is 0.595. The number of hydrogen-bond donors (Lipinski definition) is 0. The van der Waals surface area contributed by atoms with E-state index >= 15 is 0 Å². The van der Waals surface area contributed by atoms with Crippen molar-refractivity contribution in [3.05, 3.63) is 200 Å². The third-order valence-corrected chi connectivity index (χ3v) is 10.1. The van der Waals surface area contributed by atoms with Crippen LogP contribution in [0.15, 0.2) is 205 Å². The van der Waals surface area contributed by atoms with Crippen molar-refractivity contribution in [3.8, 4) is 78.7 Å². The van der Waals surface area contributed by atoms with Crippen LogP contribution in [0, 0.1) is 0 Å². The second-order valence-corrected chi connectivity index (χ2v) is 13.6. The van der Waals surface area contributed by atoms with E-state index in [2.05, 4.69) is 164 Å². The molecule has 8 aromatic carbocycles. The highest BCUT2D eigenvalue weighted by molar-refractivity contribution is 6.09. The van der Waals surface area contributed by atoms with Gasteiger partial charge in [-0.25, -0.2) is 15.0 Å². The summed E-state index contributed by atoms with van der Waals surface area (Å²) in [5.41, 5.74) is 13.2. The Morgan fingerprint density at radius 2 is 0.691 bits per heavy atom. The summed E-state index contributed by atoms with van der Waals surface area (Å²) in [5, 5.41) is 2.20. The summed E-state index contributed by atoms with van der Waals surface area (Å²) in [6.07, 6.45) is 0. The van der Waals surface area contributed by atoms with E-state index in [-0.39, 0.29) is 0 Å². The molecule has 2 heterocycles. The van der Waals surface area contributed by atoms with Gasteiger partial charge in [-0.1, -0.05) is 170 Å². The van der Waals surface area contributed by atoms with Crippen molar-refractivity contribution >= 4 is 21.9 Å². The summed E-state index contributed by atoms with van der Waals surface area (Å²) in [6.45, 7) is 0. The molecule has 0 atom stereocenters. The largest absolute Gasteiger partial charge is 0.455 e. The number of para-hydroxylation sites is 2. The van der Waals surface area contributed by atoms with Crippen LogP contribution in [0.4, 0.5) is 0 Å². The molecule has 0 aliphatic heterocycles. The van der Waals surface area contributed by atoms with Gasteiger partial charge in [0.15, 0.2) is 17.5 Å². The molecule has 10 rings (SSSR count). The first kappa shape index (κ1) is 32.2. The molecule has 10 aromatic rings. The Bertz CT molecular complexity index is 2900. The van der Waals surface area contributed by atoms with E-state index in [9.17, 15) is 0 Å². The van der Waals surface area contributed by atoms with Crippen molar-refractivity contribution < 1.29 is 4.42 Å². The van der Waals surface area contributed by atoms with Crippen LogP contribution in [0.3, 0.4) is 0 Å². The van der Waals surface area contributed by atoms with Crippen LogP contribution >= 0.6 is 0 Å². The highest BCUT2D eigenvalue weighted by Gasteiger charge is 2.17. The van der Waals surface area contributed by atoms with Crippen molar-refractivity contribution in [1.82, 2.24) is 15.0 Å². The van der Waals surface area contributed by atoms with Crippen LogP contribution in [-0.4, -0.2) is 15.0 Å². The van der Waals surface area contributed by atoms with E-state index < -0.39 is 0 Å². The zero-order valence-electron chi connectivity index (χ0n) is 29.8. The quantitative estimate of drug-likeness (QED) is 0.166. The summed E-state index contributed by atoms with van der Waals surface area (Å²) >= 11 is 0. The highest BCUT2D eigenvalue weighted by Crippen LogP contribution is 2.38. The van der Waals surface area contributed by atoms with E-state index in [1.165, 1.54) is 0 Å². The van der Waals surface area contributed by atoms with Gasteiger partial charge in [0.25, 0.3) is 0 Å². The molecule has 4 heteroatoms. The van der Waals surface area contributed by atoms with Gasteiger partial charge < -0.3 is 4.42 Å². The first-order chi connectivity index (χ1) is 27.2. The van der Waals surface area contributed by atoms with E-state index in [0.717, 1.165) is 83.1 Å². The molecule has 0 fully saturated rings. The lowest BCUT2D eigenvalue weighted by Gasteiger charge is -2.13. The van der Waals surface area contributed by atoms with Crippen LogP contribution < -0.4 is 0 Å². The van der Waals surface area contributed by atoms with Crippen molar-refractivity contribution in [2.45, 2.75) is 0 Å². The average Bonchev–Trinajstić information content (AvgIpc) is 3.66. The van der Waals surface area contributed by atoms with Gasteiger partial charge in [-0.3, -0.25) is 0 Å². The zero-order chi connectivity index (χ0) is 36.6. The van der Waals surface area contributed by atoms with Gasteiger partial charge in [-0.15, -0.1) is 0 Å². The van der Waals surface area contributed by atoms with Crippen molar-refractivity contribution in [2.75, 3.05) is 0 Å². The fourth-order valence-corrected chi connectivity index (χ4v) is 7.36. The van der Waals surface area contributed by atoms with Crippen LogP contribution in [0.5, 0.6) is 0 Å². The molecule has 0 radical (unpaired) electrons. The number of rotatable bonds is 7. The van der Waals surface area contributed by atoms with Crippen molar-refractivity contribution in [1.29, 1.82) is 0 Å². The highest BCUT2D eigenvalue weighted by atomic mass is 16.3. The summed E-state index contributed by atoms with van der Waals surface area (Å²) in [7, 11) is 0. The van der Waals surface area contributed by atoms with Crippen LogP contribution in [0.2, 0.25) is 0 Å². The molecular formula is C51H33N3O. The minimum atomic E-state index is 0.595. The molecule has 0 N–H and O–H groups in total. The Hall–Kier alpha value is -7.43. The summed E-state index contributed by atoms with van der Waals surface area (Å²) < 4.78 is 6.43. The molecule has 0 unspecified atom stereocenters. The lowest BCUT2D eigenvalue weighted by atomic mass is 9.95. The molecule has 0 aliphatic rings. The number of furan rings is 1. The lowest BCUT2D eigenvalue weighted by Crippen LogP contribution is -2.01. The molecule has 4 nitrogen and oxygen atoms in total. The monoisotopic (exact) mass is 703 g/mol. The second-order valence-electron chi connectivity index (χ2n) is 13.6. The lowest BCUT2D eigenvalue weighted by molar-refractivity contribution is 0.670. The third-order valence-electron chi connectivity index (χ3n) is 10.1. The predicted molar refractivity (Wildman–Crippen MR) is 225 cm³/mol. The van der Waals surface area contributed by atoms with Gasteiger partial charge in [-0.2, -0.15) is 0 Å². The molecule has 258 valence electrons. The van der Waals surface area contributed by atoms with Gasteiger partial charge >= 0.3 is 0 Å². The summed E-state index contributed by atoms with van der Waals surface area (Å²) in [4.78, 5) is 15.5.